The zero-order valence-electron chi connectivity index (χ0n) is 9.31. The number of rotatable bonds is 5. The summed E-state index contributed by atoms with van der Waals surface area (Å²) in [4.78, 5) is 11.4. The summed E-state index contributed by atoms with van der Waals surface area (Å²) in [7, 11) is 0. The minimum absolute atomic E-state index is 0.0671. The van der Waals surface area contributed by atoms with Gasteiger partial charge in [0.15, 0.2) is 0 Å². The van der Waals surface area contributed by atoms with Crippen molar-refractivity contribution in [1.29, 1.82) is 0 Å². The Morgan fingerprint density at radius 2 is 2.12 bits per heavy atom. The first-order valence-electron chi connectivity index (χ1n) is 5.30. The molecular formula is C12H17NO3. The fourth-order valence-electron chi connectivity index (χ4n) is 1.36. The number of benzene rings is 1. The van der Waals surface area contributed by atoms with Gasteiger partial charge in [0.25, 0.3) is 0 Å². The number of amides is 1. The minimum atomic E-state index is -0.225. The third-order valence-corrected chi connectivity index (χ3v) is 2.29. The lowest BCUT2D eigenvalue weighted by Crippen LogP contribution is -2.35. The maximum absolute atomic E-state index is 11.4. The van der Waals surface area contributed by atoms with E-state index >= 15 is 0 Å². The predicted molar refractivity (Wildman–Crippen MR) is 61.1 cm³/mol. The summed E-state index contributed by atoms with van der Waals surface area (Å²) in [6.07, 6.45) is 0.804. The number of phenols is 1. The van der Waals surface area contributed by atoms with Crippen molar-refractivity contribution in [1.82, 2.24) is 5.32 Å². The van der Waals surface area contributed by atoms with Crippen LogP contribution in [0.25, 0.3) is 0 Å². The second-order valence-electron chi connectivity index (χ2n) is 3.78. The molecule has 0 aromatic heterocycles. The van der Waals surface area contributed by atoms with Gasteiger partial charge >= 0.3 is 0 Å². The van der Waals surface area contributed by atoms with Crippen molar-refractivity contribution in [3.8, 4) is 5.75 Å². The van der Waals surface area contributed by atoms with Crippen molar-refractivity contribution in [3.63, 3.8) is 0 Å². The summed E-state index contributed by atoms with van der Waals surface area (Å²) in [5.41, 5.74) is 0.759. The summed E-state index contributed by atoms with van der Waals surface area (Å²) < 4.78 is 0. The molecule has 0 aliphatic heterocycles. The molecule has 0 bridgehead atoms. The van der Waals surface area contributed by atoms with Crippen molar-refractivity contribution in [3.05, 3.63) is 29.8 Å². The van der Waals surface area contributed by atoms with E-state index in [9.17, 15) is 9.90 Å². The van der Waals surface area contributed by atoms with Crippen LogP contribution in [0.15, 0.2) is 24.3 Å². The average Bonchev–Trinajstić information content (AvgIpc) is 2.28. The van der Waals surface area contributed by atoms with Crippen LogP contribution >= 0.6 is 0 Å². The fourth-order valence-corrected chi connectivity index (χ4v) is 1.36. The molecule has 4 nitrogen and oxygen atoms in total. The molecule has 0 unspecified atom stereocenters. The Hall–Kier alpha value is -1.55. The molecule has 1 atom stereocenters. The van der Waals surface area contributed by atoms with Gasteiger partial charge in [0.1, 0.15) is 5.75 Å². The zero-order valence-corrected chi connectivity index (χ0v) is 9.31. The van der Waals surface area contributed by atoms with Crippen LogP contribution in [0.5, 0.6) is 5.75 Å². The number of phenolic OH excluding ortho intramolecular Hbond substituents is 1. The Labute approximate surface area is 94.9 Å². The topological polar surface area (TPSA) is 69.6 Å². The van der Waals surface area contributed by atoms with Crippen molar-refractivity contribution < 1.29 is 15.0 Å². The quantitative estimate of drug-likeness (QED) is 0.692. The fraction of sp³-hybridized carbons (Fsp3) is 0.417. The summed E-state index contributed by atoms with van der Waals surface area (Å²) in [5.74, 6) is 0.0929. The predicted octanol–water partition coefficient (Wildman–Crippen LogP) is 0.822. The van der Waals surface area contributed by atoms with Gasteiger partial charge in [-0.25, -0.2) is 0 Å². The molecule has 0 saturated heterocycles. The highest BCUT2D eigenvalue weighted by molar-refractivity contribution is 5.76. The smallest absolute Gasteiger partial charge is 0.220 e. The van der Waals surface area contributed by atoms with Gasteiger partial charge in [-0.05, 0) is 25.0 Å². The normalized spacial score (nSPS) is 12.1. The zero-order chi connectivity index (χ0) is 12.0. The van der Waals surface area contributed by atoms with Gasteiger partial charge in [0.2, 0.25) is 5.91 Å². The van der Waals surface area contributed by atoms with Crippen molar-refractivity contribution in [2.24, 2.45) is 0 Å². The van der Waals surface area contributed by atoms with E-state index in [1.165, 1.54) is 0 Å². The first kappa shape index (κ1) is 12.5. The number of hydrogen-bond acceptors (Lipinski definition) is 3. The molecule has 1 rings (SSSR count). The summed E-state index contributed by atoms with van der Waals surface area (Å²) >= 11 is 0. The summed E-state index contributed by atoms with van der Waals surface area (Å²) in [6, 6.07) is 6.73. The lowest BCUT2D eigenvalue weighted by molar-refractivity contribution is -0.121. The van der Waals surface area contributed by atoms with Crippen LogP contribution in [0.2, 0.25) is 0 Å². The molecule has 1 aromatic rings. The lowest BCUT2D eigenvalue weighted by Gasteiger charge is -2.10. The molecule has 0 saturated carbocycles. The Morgan fingerprint density at radius 3 is 2.75 bits per heavy atom. The molecule has 1 amide bonds. The van der Waals surface area contributed by atoms with Crippen LogP contribution in [-0.4, -0.2) is 28.8 Å². The molecule has 0 radical (unpaired) electrons. The van der Waals surface area contributed by atoms with Crippen LogP contribution < -0.4 is 5.32 Å². The minimum Gasteiger partial charge on any atom is -0.508 e. The number of carbonyl (C=O) groups is 1. The number of aliphatic hydroxyl groups is 1. The molecule has 88 valence electrons. The van der Waals surface area contributed by atoms with E-state index in [1.807, 2.05) is 6.07 Å². The Morgan fingerprint density at radius 1 is 1.44 bits per heavy atom. The van der Waals surface area contributed by atoms with E-state index in [2.05, 4.69) is 5.32 Å². The van der Waals surface area contributed by atoms with Crippen LogP contribution in [0.1, 0.15) is 18.9 Å². The van der Waals surface area contributed by atoms with Crippen LogP contribution in [-0.2, 0) is 11.2 Å². The molecule has 0 spiro atoms. The number of aromatic hydroxyl groups is 1. The molecule has 3 N–H and O–H groups in total. The van der Waals surface area contributed by atoms with Crippen molar-refractivity contribution in [2.75, 3.05) is 6.61 Å². The van der Waals surface area contributed by atoms with E-state index in [-0.39, 0.29) is 24.3 Å². The number of nitrogens with one attached hydrogen (secondary N) is 1. The van der Waals surface area contributed by atoms with Crippen molar-refractivity contribution >= 4 is 5.91 Å². The standard InChI is InChI=1S/C12H17NO3/c1-9(8-14)13-12(16)7-6-10-4-2-3-5-11(10)15/h2-5,9,14-15H,6-8H2,1H3,(H,13,16)/t9-/m1/s1. The maximum atomic E-state index is 11.4. The molecule has 0 aliphatic carbocycles. The molecule has 1 aromatic carbocycles. The van der Waals surface area contributed by atoms with E-state index in [0.717, 1.165) is 5.56 Å². The van der Waals surface area contributed by atoms with E-state index < -0.39 is 0 Å². The molecule has 0 fully saturated rings. The van der Waals surface area contributed by atoms with E-state index in [0.29, 0.717) is 12.8 Å². The number of hydrogen-bond donors (Lipinski definition) is 3. The first-order chi connectivity index (χ1) is 7.63. The molecule has 16 heavy (non-hydrogen) atoms. The number of carbonyl (C=O) groups excluding carboxylic acids is 1. The van der Waals surface area contributed by atoms with E-state index in [4.69, 9.17) is 5.11 Å². The van der Waals surface area contributed by atoms with Gasteiger partial charge in [-0.1, -0.05) is 18.2 Å². The van der Waals surface area contributed by atoms with Crippen LogP contribution in [0.4, 0.5) is 0 Å². The Bertz CT molecular complexity index is 352. The largest absolute Gasteiger partial charge is 0.508 e. The Balaban J connectivity index is 2.40. The summed E-state index contributed by atoms with van der Waals surface area (Å²) in [5, 5.41) is 20.9. The molecule has 0 heterocycles. The van der Waals surface area contributed by atoms with Gasteiger partial charge in [-0.15, -0.1) is 0 Å². The summed E-state index contributed by atoms with van der Waals surface area (Å²) in [6.45, 7) is 1.67. The highest BCUT2D eigenvalue weighted by Gasteiger charge is 2.07. The molecule has 0 aliphatic rings. The lowest BCUT2D eigenvalue weighted by atomic mass is 10.1. The monoisotopic (exact) mass is 223 g/mol. The third-order valence-electron chi connectivity index (χ3n) is 2.29. The Kier molecular flexibility index (Phi) is 4.79. The number of aliphatic hydroxyl groups excluding tert-OH is 1. The van der Waals surface area contributed by atoms with Gasteiger partial charge in [0.05, 0.1) is 6.61 Å². The van der Waals surface area contributed by atoms with E-state index in [1.54, 1.807) is 25.1 Å². The maximum Gasteiger partial charge on any atom is 0.220 e. The second-order valence-corrected chi connectivity index (χ2v) is 3.78. The second kappa shape index (κ2) is 6.12. The number of aryl methyl sites for hydroxylation is 1. The molecule has 4 heteroatoms. The first-order valence-corrected chi connectivity index (χ1v) is 5.30. The highest BCUT2D eigenvalue weighted by atomic mass is 16.3. The number of para-hydroxylation sites is 1. The molecular weight excluding hydrogens is 206 g/mol. The third kappa shape index (κ3) is 3.90. The van der Waals surface area contributed by atoms with Gasteiger partial charge in [0, 0.05) is 12.5 Å². The van der Waals surface area contributed by atoms with Gasteiger partial charge in [-0.3, -0.25) is 4.79 Å². The van der Waals surface area contributed by atoms with Crippen LogP contribution in [0.3, 0.4) is 0 Å². The van der Waals surface area contributed by atoms with Crippen molar-refractivity contribution in [2.45, 2.75) is 25.8 Å². The highest BCUT2D eigenvalue weighted by Crippen LogP contribution is 2.16. The SMILES string of the molecule is C[C@H](CO)NC(=O)CCc1ccccc1O. The van der Waals surface area contributed by atoms with Gasteiger partial charge < -0.3 is 15.5 Å². The van der Waals surface area contributed by atoms with Gasteiger partial charge in [-0.2, -0.15) is 0 Å². The average molecular weight is 223 g/mol. The van der Waals surface area contributed by atoms with Crippen LogP contribution in [0, 0.1) is 0 Å².